The van der Waals surface area contributed by atoms with Crippen molar-refractivity contribution in [3.8, 4) is 0 Å². The van der Waals surface area contributed by atoms with Gasteiger partial charge in [0.05, 0.1) is 10.9 Å². The van der Waals surface area contributed by atoms with E-state index in [1.165, 1.54) is 18.2 Å². The molecule has 1 aliphatic rings. The summed E-state index contributed by atoms with van der Waals surface area (Å²) in [6, 6.07) is 11.4. The third-order valence-corrected chi connectivity index (χ3v) is 6.76. The fourth-order valence-corrected chi connectivity index (χ4v) is 4.81. The number of carbonyl (C=O) groups is 2. The number of benzene rings is 2. The van der Waals surface area contributed by atoms with Gasteiger partial charge in [0.15, 0.2) is 5.78 Å². The summed E-state index contributed by atoms with van der Waals surface area (Å²) in [5.41, 5.74) is 1.26. The number of sulfonamides is 1. The first-order valence-electron chi connectivity index (χ1n) is 8.95. The van der Waals surface area contributed by atoms with Crippen LogP contribution in [0.3, 0.4) is 0 Å². The molecule has 6 nitrogen and oxygen atoms in total. The van der Waals surface area contributed by atoms with Gasteiger partial charge in [0.2, 0.25) is 0 Å². The molecule has 0 aromatic heterocycles. The van der Waals surface area contributed by atoms with Crippen LogP contribution >= 0.6 is 11.6 Å². The Kier molecular flexibility index (Phi) is 6.10. The van der Waals surface area contributed by atoms with Gasteiger partial charge in [-0.1, -0.05) is 35.4 Å². The second-order valence-electron chi connectivity index (χ2n) is 6.76. The summed E-state index contributed by atoms with van der Waals surface area (Å²) in [4.78, 5) is 25.2. The lowest BCUT2D eigenvalue weighted by molar-refractivity contribution is 0.0931. The first-order chi connectivity index (χ1) is 13.7. The van der Waals surface area contributed by atoms with Crippen molar-refractivity contribution in [3.05, 3.63) is 77.3 Å². The van der Waals surface area contributed by atoms with Crippen LogP contribution in [-0.4, -0.2) is 36.7 Å². The fourth-order valence-electron chi connectivity index (χ4n) is 3.17. The molecule has 29 heavy (non-hydrogen) atoms. The van der Waals surface area contributed by atoms with E-state index in [4.69, 9.17) is 16.3 Å². The zero-order chi connectivity index (χ0) is 21.2. The molecule has 1 saturated heterocycles. The summed E-state index contributed by atoms with van der Waals surface area (Å²) in [7, 11) is -4.19. The fraction of sp³-hybridized carbons (Fsp3) is 0.238. The summed E-state index contributed by atoms with van der Waals surface area (Å²) >= 11 is 5.86. The number of amides is 1. The van der Waals surface area contributed by atoms with Gasteiger partial charge in [-0.05, 0) is 43.3 Å². The van der Waals surface area contributed by atoms with Gasteiger partial charge in [0, 0.05) is 23.4 Å². The third-order valence-electron chi connectivity index (χ3n) is 4.70. The zero-order valence-electron chi connectivity index (χ0n) is 15.7. The molecular weight excluding hydrogens is 414 g/mol. The molecule has 2 atom stereocenters. The van der Waals surface area contributed by atoms with Crippen LogP contribution in [0, 0.1) is 6.92 Å². The highest BCUT2D eigenvalue weighted by molar-refractivity contribution is 7.89. The van der Waals surface area contributed by atoms with Gasteiger partial charge in [-0.2, -0.15) is 4.31 Å². The van der Waals surface area contributed by atoms with Gasteiger partial charge in [-0.25, -0.2) is 13.2 Å². The Morgan fingerprint density at radius 3 is 2.38 bits per heavy atom. The SMILES string of the molecule is C=CCC1OC(=O)N(S(=O)(=O)c2ccc(C)cc2)C1CC(=O)c1ccc(Cl)cc1. The molecule has 0 saturated carbocycles. The van der Waals surface area contributed by atoms with Crippen molar-refractivity contribution in [1.82, 2.24) is 4.31 Å². The second kappa shape index (κ2) is 8.39. The van der Waals surface area contributed by atoms with Crippen LogP contribution in [0.25, 0.3) is 0 Å². The second-order valence-corrected chi connectivity index (χ2v) is 9.01. The topological polar surface area (TPSA) is 80.8 Å². The molecule has 3 rings (SSSR count). The van der Waals surface area contributed by atoms with Crippen LogP contribution < -0.4 is 0 Å². The average Bonchev–Trinajstić information content (AvgIpc) is 2.98. The van der Waals surface area contributed by atoms with E-state index in [1.807, 2.05) is 6.92 Å². The van der Waals surface area contributed by atoms with Gasteiger partial charge in [-0.3, -0.25) is 4.79 Å². The molecule has 2 aromatic rings. The van der Waals surface area contributed by atoms with E-state index >= 15 is 0 Å². The van der Waals surface area contributed by atoms with Crippen molar-refractivity contribution in [2.75, 3.05) is 0 Å². The van der Waals surface area contributed by atoms with E-state index in [2.05, 4.69) is 6.58 Å². The molecule has 1 fully saturated rings. The molecular formula is C21H20ClNO5S. The Labute approximate surface area is 174 Å². The van der Waals surface area contributed by atoms with Crippen LogP contribution in [0.5, 0.6) is 0 Å². The highest BCUT2D eigenvalue weighted by Gasteiger charge is 2.49. The number of hydrogen-bond acceptors (Lipinski definition) is 5. The third kappa shape index (κ3) is 4.36. The maximum absolute atomic E-state index is 13.1. The minimum absolute atomic E-state index is 0.0387. The molecule has 0 aliphatic carbocycles. The van der Waals surface area contributed by atoms with Crippen molar-refractivity contribution in [1.29, 1.82) is 0 Å². The molecule has 152 valence electrons. The number of nitrogens with zero attached hydrogens (tertiary/aromatic N) is 1. The molecule has 0 spiro atoms. The molecule has 2 unspecified atom stereocenters. The van der Waals surface area contributed by atoms with Gasteiger partial charge in [0.25, 0.3) is 10.0 Å². The number of carbonyl (C=O) groups excluding carboxylic acids is 2. The zero-order valence-corrected chi connectivity index (χ0v) is 17.3. The van der Waals surface area contributed by atoms with Crippen molar-refractivity contribution in [2.45, 2.75) is 36.8 Å². The predicted molar refractivity (Wildman–Crippen MR) is 109 cm³/mol. The summed E-state index contributed by atoms with van der Waals surface area (Å²) in [5, 5.41) is 0.481. The quantitative estimate of drug-likeness (QED) is 0.478. The standard InChI is InChI=1S/C21H20ClNO5S/c1-3-4-20-18(13-19(24)15-7-9-16(22)10-8-15)23(21(25)28-20)29(26,27)17-11-5-14(2)6-12-17/h3,5-12,18,20H,1,4,13H2,2H3. The lowest BCUT2D eigenvalue weighted by atomic mass is 9.99. The highest BCUT2D eigenvalue weighted by Crippen LogP contribution is 2.32. The van der Waals surface area contributed by atoms with E-state index in [9.17, 15) is 18.0 Å². The number of Topliss-reactive ketones (excluding diaryl/α,β-unsaturated/α-hetero) is 1. The van der Waals surface area contributed by atoms with Gasteiger partial charge in [0.1, 0.15) is 6.10 Å². The van der Waals surface area contributed by atoms with Crippen molar-refractivity contribution < 1.29 is 22.7 Å². The van der Waals surface area contributed by atoms with E-state index in [1.54, 1.807) is 36.4 Å². The van der Waals surface area contributed by atoms with Gasteiger partial charge >= 0.3 is 6.09 Å². The highest BCUT2D eigenvalue weighted by atomic mass is 35.5. The maximum atomic E-state index is 13.1. The lowest BCUT2D eigenvalue weighted by Gasteiger charge is -2.23. The normalized spacial score (nSPS) is 19.1. The molecule has 1 aliphatic heterocycles. The van der Waals surface area contributed by atoms with Crippen molar-refractivity contribution in [2.24, 2.45) is 0 Å². The first-order valence-corrected chi connectivity index (χ1v) is 10.8. The van der Waals surface area contributed by atoms with Crippen LogP contribution in [0.4, 0.5) is 4.79 Å². The number of ketones is 1. The number of ether oxygens (including phenoxy) is 1. The molecule has 0 N–H and O–H groups in total. The first kappa shape index (κ1) is 21.1. The van der Waals surface area contributed by atoms with Crippen molar-refractivity contribution in [3.63, 3.8) is 0 Å². The average molecular weight is 434 g/mol. The Balaban J connectivity index is 1.96. The van der Waals surface area contributed by atoms with Crippen molar-refractivity contribution >= 4 is 33.5 Å². The number of rotatable bonds is 7. The van der Waals surface area contributed by atoms with E-state index in [-0.39, 0.29) is 23.5 Å². The summed E-state index contributed by atoms with van der Waals surface area (Å²) < 4.78 is 32.3. The maximum Gasteiger partial charge on any atom is 0.424 e. The summed E-state index contributed by atoms with van der Waals surface area (Å²) in [5.74, 6) is -0.317. The molecule has 0 radical (unpaired) electrons. The van der Waals surface area contributed by atoms with Crippen LogP contribution in [0.2, 0.25) is 5.02 Å². The number of aryl methyl sites for hydroxylation is 1. The Morgan fingerprint density at radius 1 is 1.17 bits per heavy atom. The van der Waals surface area contributed by atoms with Crippen LogP contribution in [0.1, 0.15) is 28.8 Å². The summed E-state index contributed by atoms with van der Waals surface area (Å²) in [6.07, 6.45) is -0.247. The van der Waals surface area contributed by atoms with Crippen LogP contribution in [0.15, 0.2) is 66.1 Å². The predicted octanol–water partition coefficient (Wildman–Crippen LogP) is 4.38. The van der Waals surface area contributed by atoms with Gasteiger partial charge in [-0.15, -0.1) is 6.58 Å². The van der Waals surface area contributed by atoms with Crippen LogP contribution in [-0.2, 0) is 14.8 Å². The number of hydrogen-bond donors (Lipinski definition) is 0. The molecule has 8 heteroatoms. The minimum Gasteiger partial charge on any atom is -0.443 e. The van der Waals surface area contributed by atoms with E-state index in [0.717, 1.165) is 5.56 Å². The Hall–Kier alpha value is -2.64. The smallest absolute Gasteiger partial charge is 0.424 e. The lowest BCUT2D eigenvalue weighted by Crippen LogP contribution is -2.42. The van der Waals surface area contributed by atoms with E-state index in [0.29, 0.717) is 14.9 Å². The Morgan fingerprint density at radius 2 is 1.79 bits per heavy atom. The Bertz CT molecular complexity index is 1030. The molecule has 0 bridgehead atoms. The molecule has 2 aromatic carbocycles. The van der Waals surface area contributed by atoms with E-state index < -0.39 is 28.3 Å². The minimum atomic E-state index is -4.19. The number of halogens is 1. The molecule has 1 amide bonds. The summed E-state index contributed by atoms with van der Waals surface area (Å²) in [6.45, 7) is 5.45. The number of cyclic esters (lactones) is 1. The van der Waals surface area contributed by atoms with Gasteiger partial charge < -0.3 is 4.74 Å². The largest absolute Gasteiger partial charge is 0.443 e. The molecule has 1 heterocycles. The monoisotopic (exact) mass is 433 g/mol.